The normalized spacial score (nSPS) is 14.8. The van der Waals surface area contributed by atoms with E-state index in [2.05, 4.69) is 59.1 Å². The molecule has 280 valence electrons. The number of hydrogen-bond donors (Lipinski definition) is 4. The van der Waals surface area contributed by atoms with Gasteiger partial charge in [-0.1, -0.05) is 109 Å². The zero-order chi connectivity index (χ0) is 36.1. The Kier molecular flexibility index (Phi) is 26.2. The summed E-state index contributed by atoms with van der Waals surface area (Å²) >= 11 is 1.54. The first-order valence-corrected chi connectivity index (χ1v) is 18.8. The van der Waals surface area contributed by atoms with Crippen LogP contribution in [0.3, 0.4) is 0 Å². The number of aliphatic hydroxyl groups is 2. The van der Waals surface area contributed by atoms with Gasteiger partial charge in [-0.05, 0) is 51.7 Å². The molecular formula is C32H76F2N8O2SSi. The molecule has 2 heterocycles. The number of nitrogens with zero attached hydrogens (tertiary/aromatic N) is 6. The van der Waals surface area contributed by atoms with Crippen molar-refractivity contribution in [2.75, 3.05) is 13.2 Å². The molecule has 46 heavy (non-hydrogen) atoms. The quantitative estimate of drug-likeness (QED) is 0.168. The van der Waals surface area contributed by atoms with E-state index >= 15 is 0 Å². The van der Waals surface area contributed by atoms with E-state index in [4.69, 9.17) is 25.8 Å². The van der Waals surface area contributed by atoms with Crippen LogP contribution < -0.4 is 11.5 Å². The minimum absolute atomic E-state index is 0. The Labute approximate surface area is 291 Å². The van der Waals surface area contributed by atoms with Crippen LogP contribution in [0.1, 0.15) is 144 Å². The van der Waals surface area contributed by atoms with Gasteiger partial charge in [0.2, 0.25) is 0 Å². The van der Waals surface area contributed by atoms with Crippen LogP contribution in [0.5, 0.6) is 0 Å². The second-order valence-corrected chi connectivity index (χ2v) is 20.5. The molecule has 0 amide bonds. The summed E-state index contributed by atoms with van der Waals surface area (Å²) in [5.41, 5.74) is 10.2. The van der Waals surface area contributed by atoms with Crippen molar-refractivity contribution in [1.29, 1.82) is 0 Å². The average Bonchev–Trinajstić information content (AvgIpc) is 3.58. The van der Waals surface area contributed by atoms with Gasteiger partial charge in [-0.3, -0.25) is 0 Å². The smallest absolute Gasteiger partial charge is 0.350 e. The molecule has 0 saturated carbocycles. The van der Waals surface area contributed by atoms with Gasteiger partial charge in [0.05, 0.1) is 18.6 Å². The molecule has 2 aromatic rings. The predicted octanol–water partition coefficient (Wildman–Crippen LogP) is 8.36. The molecular weight excluding hydrogens is 627 g/mol. The summed E-state index contributed by atoms with van der Waals surface area (Å²) in [6, 6.07) is 1.36. The molecule has 0 aliphatic carbocycles. The Bertz CT molecular complexity index is 1100. The molecule has 0 saturated heterocycles. The predicted molar refractivity (Wildman–Crippen MR) is 200 cm³/mol. The summed E-state index contributed by atoms with van der Waals surface area (Å²) in [5, 5.41) is 37.6. The van der Waals surface area contributed by atoms with Gasteiger partial charge in [0.25, 0.3) is 0 Å². The highest BCUT2D eigenvalue weighted by atomic mass is 32.1. The standard InChI is InChI=1S/C9H23NSi.C7H12N2OS.C6H10F2N4O.C6H15N.4CH4/c1-6-9(2,10)7-8-11(3,4)5;1-5-8-9-6(11-5)7(2,3)4-10;1-6(2,3-13)4-9-11-12(10-4)5(7)8;1-4-6(3,7)5-2;;;;/h6-8,10H2,1-5H3;10H,4H2,1-3H3;5,13H,3H2,1-2H3;4-5,7H2,1-3H3;4*1H4/i;;;1D3;;;;. The molecule has 14 heteroatoms. The topological polar surface area (TPSA) is 162 Å². The van der Waals surface area contributed by atoms with Crippen LogP contribution in [-0.4, -0.2) is 73.0 Å². The van der Waals surface area contributed by atoms with Crippen molar-refractivity contribution < 1.29 is 23.1 Å². The molecule has 0 aromatic carbocycles. The van der Waals surface area contributed by atoms with Crippen LogP contribution in [0.4, 0.5) is 8.78 Å². The highest BCUT2D eigenvalue weighted by molar-refractivity contribution is 7.11. The van der Waals surface area contributed by atoms with Gasteiger partial charge in [-0.25, -0.2) is 0 Å². The lowest BCUT2D eigenvalue weighted by molar-refractivity contribution is 0.0389. The highest BCUT2D eigenvalue weighted by Gasteiger charge is 2.26. The van der Waals surface area contributed by atoms with Crippen molar-refractivity contribution in [1.82, 2.24) is 30.4 Å². The number of rotatable bonds is 11. The Morgan fingerprint density at radius 1 is 0.848 bits per heavy atom. The van der Waals surface area contributed by atoms with E-state index in [0.717, 1.165) is 16.4 Å². The van der Waals surface area contributed by atoms with E-state index in [0.29, 0.717) is 6.42 Å². The van der Waals surface area contributed by atoms with Gasteiger partial charge >= 0.3 is 6.55 Å². The lowest BCUT2D eigenvalue weighted by Gasteiger charge is -2.26. The SMILES string of the molecule is C.C.C.C.CC(C)(CO)c1nnn(C(F)F)n1.CCC(C)(N)CC[Si](C)(C)C.Cc1nnc(C(C)(C)CO)s1.[2H]C([2H])([2H])CC(C)(N)CC. The number of nitrogens with two attached hydrogens (primary N) is 2. The molecule has 0 spiro atoms. The largest absolute Gasteiger partial charge is 0.395 e. The highest BCUT2D eigenvalue weighted by Crippen LogP contribution is 2.25. The van der Waals surface area contributed by atoms with Gasteiger partial charge in [-0.15, -0.1) is 31.7 Å². The number of tetrazole rings is 1. The Balaban J connectivity index is -0.000000123. The minimum Gasteiger partial charge on any atom is -0.395 e. The van der Waals surface area contributed by atoms with E-state index in [1.807, 2.05) is 27.7 Å². The van der Waals surface area contributed by atoms with Crippen molar-refractivity contribution in [2.45, 2.75) is 179 Å². The number of alkyl halides is 2. The summed E-state index contributed by atoms with van der Waals surface area (Å²) in [7, 11) is -0.863. The van der Waals surface area contributed by atoms with Crippen LogP contribution in [0.15, 0.2) is 0 Å². The first-order chi connectivity index (χ1) is 20.1. The molecule has 0 fully saturated rings. The van der Waals surface area contributed by atoms with E-state index in [9.17, 15) is 8.78 Å². The third-order valence-corrected chi connectivity index (χ3v) is 9.52. The summed E-state index contributed by atoms with van der Waals surface area (Å²) in [6.45, 7) is 19.5. The third kappa shape index (κ3) is 24.7. The number of aryl methyl sites for hydroxylation is 1. The van der Waals surface area contributed by atoms with Crippen molar-refractivity contribution >= 4 is 19.4 Å². The van der Waals surface area contributed by atoms with E-state index in [1.165, 1.54) is 23.8 Å². The van der Waals surface area contributed by atoms with E-state index < -0.39 is 32.4 Å². The lowest BCUT2D eigenvalue weighted by Crippen LogP contribution is -2.37. The zero-order valence-corrected chi connectivity index (χ0v) is 29.7. The Morgan fingerprint density at radius 3 is 1.61 bits per heavy atom. The summed E-state index contributed by atoms with van der Waals surface area (Å²) in [5.74, 6) is 0.107. The van der Waals surface area contributed by atoms with Gasteiger partial charge in [0.1, 0.15) is 10.0 Å². The number of hydrogen-bond acceptors (Lipinski definition) is 10. The Hall–Kier alpha value is -1.45. The van der Waals surface area contributed by atoms with Gasteiger partial charge in [-0.2, -0.15) is 8.78 Å². The summed E-state index contributed by atoms with van der Waals surface area (Å²) in [6.07, 6.45) is 3.08. The van der Waals surface area contributed by atoms with Crippen molar-refractivity contribution in [3.05, 3.63) is 15.8 Å². The summed E-state index contributed by atoms with van der Waals surface area (Å²) in [4.78, 5) is 0.215. The maximum absolute atomic E-state index is 12.0. The molecule has 6 N–H and O–H groups in total. The average molecular weight is 706 g/mol. The second kappa shape index (κ2) is 24.7. The number of halogens is 2. The fourth-order valence-electron chi connectivity index (χ4n) is 2.25. The molecule has 2 rings (SSSR count). The van der Waals surface area contributed by atoms with Crippen LogP contribution in [0.25, 0.3) is 0 Å². The number of aromatic nitrogens is 6. The summed E-state index contributed by atoms with van der Waals surface area (Å²) < 4.78 is 44.8. The monoisotopic (exact) mass is 706 g/mol. The maximum Gasteiger partial charge on any atom is 0.350 e. The van der Waals surface area contributed by atoms with Crippen LogP contribution in [0.2, 0.25) is 25.7 Å². The van der Waals surface area contributed by atoms with Gasteiger partial charge in [0.15, 0.2) is 5.82 Å². The Morgan fingerprint density at radius 2 is 1.33 bits per heavy atom. The molecule has 0 aliphatic heterocycles. The van der Waals surface area contributed by atoms with Gasteiger partial charge in [0, 0.05) is 28.7 Å². The van der Waals surface area contributed by atoms with Crippen molar-refractivity contribution in [3.63, 3.8) is 0 Å². The molecule has 0 bridgehead atoms. The fraction of sp³-hybridized carbons (Fsp3) is 0.906. The lowest BCUT2D eigenvalue weighted by atomic mass is 9.94. The van der Waals surface area contributed by atoms with Crippen molar-refractivity contribution in [3.8, 4) is 0 Å². The van der Waals surface area contributed by atoms with Crippen LogP contribution >= 0.6 is 11.3 Å². The fourth-order valence-corrected chi connectivity index (χ4v) is 4.35. The zero-order valence-electron chi connectivity index (χ0n) is 30.9. The molecule has 0 aliphatic rings. The van der Waals surface area contributed by atoms with Crippen LogP contribution in [0, 0.1) is 6.92 Å². The third-order valence-electron chi connectivity index (χ3n) is 6.57. The molecule has 0 radical (unpaired) electrons. The first-order valence-electron chi connectivity index (χ1n) is 15.7. The van der Waals surface area contributed by atoms with Gasteiger partial charge < -0.3 is 21.7 Å². The van der Waals surface area contributed by atoms with Crippen LogP contribution in [-0.2, 0) is 10.8 Å². The first kappa shape index (κ1) is 48.9. The molecule has 2 unspecified atom stereocenters. The molecule has 2 aromatic heterocycles. The van der Waals surface area contributed by atoms with Crippen molar-refractivity contribution in [2.24, 2.45) is 11.5 Å². The van der Waals surface area contributed by atoms with E-state index in [1.54, 1.807) is 20.8 Å². The second-order valence-electron chi connectivity index (χ2n) is 13.7. The maximum atomic E-state index is 12.0. The van der Waals surface area contributed by atoms with E-state index in [-0.39, 0.29) is 70.9 Å². The molecule has 10 nitrogen and oxygen atoms in total. The molecule has 2 atom stereocenters. The number of aliphatic hydroxyl groups excluding tert-OH is 2. The minimum atomic E-state index is -2.80.